The Balaban J connectivity index is 2.22. The molecule has 0 bridgehead atoms. The van der Waals surface area contributed by atoms with E-state index in [0.717, 1.165) is 11.5 Å². The third kappa shape index (κ3) is 1.73. The molecule has 0 saturated heterocycles. The first-order valence-corrected chi connectivity index (χ1v) is 5.70. The van der Waals surface area contributed by atoms with Gasteiger partial charge < -0.3 is 9.52 Å². The fraction of sp³-hybridized carbons (Fsp3) is 0. The molecule has 0 unspecified atom stereocenters. The lowest BCUT2D eigenvalue weighted by Gasteiger charge is -2.02. The normalized spacial score (nSPS) is 11.0. The molecule has 0 aliphatic heterocycles. The lowest BCUT2D eigenvalue weighted by Crippen LogP contribution is -1.82. The summed E-state index contributed by atoms with van der Waals surface area (Å²) < 4.78 is 19.3. The van der Waals surface area contributed by atoms with E-state index in [-0.39, 0.29) is 16.3 Å². The second-order valence-corrected chi connectivity index (χ2v) is 4.34. The van der Waals surface area contributed by atoms with E-state index in [2.05, 4.69) is 0 Å². The van der Waals surface area contributed by atoms with Crippen LogP contribution >= 0.6 is 11.6 Å². The molecule has 18 heavy (non-hydrogen) atoms. The van der Waals surface area contributed by atoms with Crippen LogP contribution in [0, 0.1) is 5.82 Å². The third-order valence-electron chi connectivity index (χ3n) is 2.73. The van der Waals surface area contributed by atoms with E-state index in [9.17, 15) is 9.50 Å². The van der Waals surface area contributed by atoms with Crippen molar-refractivity contribution in [2.45, 2.75) is 0 Å². The molecular weight excluding hydrogens is 255 g/mol. The largest absolute Gasteiger partial charge is 0.506 e. The minimum Gasteiger partial charge on any atom is -0.506 e. The minimum absolute atomic E-state index is 0.0897. The maximum Gasteiger partial charge on any atom is 0.138 e. The number of furan rings is 1. The second kappa shape index (κ2) is 4.03. The molecule has 1 heterocycles. The number of phenols is 1. The predicted octanol–water partition coefficient (Wildman–Crippen LogP) is 4.60. The van der Waals surface area contributed by atoms with Gasteiger partial charge in [-0.25, -0.2) is 4.39 Å². The van der Waals surface area contributed by atoms with Crippen LogP contribution in [0.25, 0.3) is 22.3 Å². The first-order chi connectivity index (χ1) is 8.65. The highest BCUT2D eigenvalue weighted by atomic mass is 35.5. The molecule has 1 aromatic heterocycles. The standard InChI is InChI=1S/C14H8ClFO2/c15-10-6-9(11(16)7-12(10)17)14-5-8-3-1-2-4-13(8)18-14/h1-7,17H. The first-order valence-electron chi connectivity index (χ1n) is 5.32. The van der Waals surface area contributed by atoms with Gasteiger partial charge in [0.15, 0.2) is 0 Å². The van der Waals surface area contributed by atoms with Gasteiger partial charge in [-0.15, -0.1) is 0 Å². The molecule has 0 saturated carbocycles. The van der Waals surface area contributed by atoms with Crippen molar-refractivity contribution >= 4 is 22.6 Å². The Kier molecular flexibility index (Phi) is 2.49. The summed E-state index contributed by atoms with van der Waals surface area (Å²) >= 11 is 5.78. The van der Waals surface area contributed by atoms with Crippen molar-refractivity contribution in [1.29, 1.82) is 0 Å². The number of halogens is 2. The van der Waals surface area contributed by atoms with Gasteiger partial charge in [0.05, 0.1) is 10.6 Å². The van der Waals surface area contributed by atoms with Crippen LogP contribution in [-0.2, 0) is 0 Å². The Labute approximate surface area is 107 Å². The van der Waals surface area contributed by atoms with Crippen molar-refractivity contribution in [3.63, 3.8) is 0 Å². The number of benzene rings is 2. The smallest absolute Gasteiger partial charge is 0.138 e. The first kappa shape index (κ1) is 11.1. The Morgan fingerprint density at radius 2 is 1.89 bits per heavy atom. The van der Waals surface area contributed by atoms with Gasteiger partial charge in [-0.05, 0) is 18.2 Å². The van der Waals surface area contributed by atoms with Gasteiger partial charge in [0, 0.05) is 11.5 Å². The van der Waals surface area contributed by atoms with Crippen molar-refractivity contribution < 1.29 is 13.9 Å². The number of hydrogen-bond donors (Lipinski definition) is 1. The molecule has 2 nitrogen and oxygen atoms in total. The lowest BCUT2D eigenvalue weighted by molar-refractivity contribution is 0.469. The van der Waals surface area contributed by atoms with E-state index < -0.39 is 5.82 Å². The van der Waals surface area contributed by atoms with Gasteiger partial charge in [0.1, 0.15) is 22.9 Å². The van der Waals surface area contributed by atoms with E-state index in [1.54, 1.807) is 12.1 Å². The summed E-state index contributed by atoms with van der Waals surface area (Å²) in [6.07, 6.45) is 0. The van der Waals surface area contributed by atoms with E-state index >= 15 is 0 Å². The SMILES string of the molecule is Oc1cc(F)c(-c2cc3ccccc3o2)cc1Cl. The highest BCUT2D eigenvalue weighted by molar-refractivity contribution is 6.32. The van der Waals surface area contributed by atoms with Gasteiger partial charge in [-0.1, -0.05) is 29.8 Å². The summed E-state index contributed by atoms with van der Waals surface area (Å²) in [6.45, 7) is 0. The summed E-state index contributed by atoms with van der Waals surface area (Å²) in [5.74, 6) is -0.472. The Morgan fingerprint density at radius 1 is 1.11 bits per heavy atom. The van der Waals surface area contributed by atoms with Gasteiger partial charge in [0.2, 0.25) is 0 Å². The van der Waals surface area contributed by atoms with Gasteiger partial charge in [-0.2, -0.15) is 0 Å². The van der Waals surface area contributed by atoms with Crippen molar-refractivity contribution in [1.82, 2.24) is 0 Å². The van der Waals surface area contributed by atoms with Crippen LogP contribution < -0.4 is 0 Å². The molecule has 0 fully saturated rings. The monoisotopic (exact) mass is 262 g/mol. The summed E-state index contributed by atoms with van der Waals surface area (Å²) in [6, 6.07) is 11.5. The quantitative estimate of drug-likeness (QED) is 0.695. The molecule has 0 aliphatic carbocycles. The molecule has 1 N–H and O–H groups in total. The lowest BCUT2D eigenvalue weighted by atomic mass is 10.1. The van der Waals surface area contributed by atoms with Crippen LogP contribution in [0.1, 0.15) is 0 Å². The van der Waals surface area contributed by atoms with Crippen molar-refractivity contribution in [3.8, 4) is 17.1 Å². The molecule has 2 aromatic carbocycles. The zero-order valence-electron chi connectivity index (χ0n) is 9.15. The molecule has 90 valence electrons. The fourth-order valence-corrected chi connectivity index (χ4v) is 2.00. The van der Waals surface area contributed by atoms with Crippen molar-refractivity contribution in [2.24, 2.45) is 0 Å². The van der Waals surface area contributed by atoms with Crippen molar-refractivity contribution in [2.75, 3.05) is 0 Å². The molecule has 0 spiro atoms. The highest BCUT2D eigenvalue weighted by Gasteiger charge is 2.13. The third-order valence-corrected chi connectivity index (χ3v) is 3.03. The second-order valence-electron chi connectivity index (χ2n) is 3.93. The number of rotatable bonds is 1. The number of para-hydroxylation sites is 1. The molecule has 0 atom stereocenters. The van der Waals surface area contributed by atoms with E-state index in [1.807, 2.05) is 18.2 Å². The van der Waals surface area contributed by atoms with Crippen LogP contribution in [0.15, 0.2) is 46.9 Å². The van der Waals surface area contributed by atoms with Crippen LogP contribution in [0.3, 0.4) is 0 Å². The number of hydrogen-bond acceptors (Lipinski definition) is 2. The van der Waals surface area contributed by atoms with Crippen LogP contribution in [0.2, 0.25) is 5.02 Å². The molecular formula is C14H8ClFO2. The number of fused-ring (bicyclic) bond motifs is 1. The molecule has 3 aromatic rings. The number of aromatic hydroxyl groups is 1. The summed E-state index contributed by atoms with van der Waals surface area (Å²) in [4.78, 5) is 0. The Hall–Kier alpha value is -2.00. The van der Waals surface area contributed by atoms with E-state index in [4.69, 9.17) is 16.0 Å². The van der Waals surface area contributed by atoms with Crippen LogP contribution in [-0.4, -0.2) is 5.11 Å². The summed E-state index contributed by atoms with van der Waals surface area (Å²) in [5, 5.41) is 10.3. The van der Waals surface area contributed by atoms with Gasteiger partial charge in [0.25, 0.3) is 0 Å². The molecule has 4 heteroatoms. The summed E-state index contributed by atoms with van der Waals surface area (Å²) in [5.41, 5.74) is 0.907. The maximum absolute atomic E-state index is 13.8. The number of phenolic OH excluding ortho intramolecular Hbond substituents is 1. The molecule has 0 aliphatic rings. The van der Waals surface area contributed by atoms with E-state index in [0.29, 0.717) is 11.3 Å². The zero-order chi connectivity index (χ0) is 12.7. The van der Waals surface area contributed by atoms with Crippen LogP contribution in [0.5, 0.6) is 5.75 Å². The van der Waals surface area contributed by atoms with Crippen molar-refractivity contribution in [3.05, 3.63) is 53.3 Å². The minimum atomic E-state index is -0.573. The Morgan fingerprint density at radius 3 is 2.67 bits per heavy atom. The average Bonchev–Trinajstić information content (AvgIpc) is 2.77. The van der Waals surface area contributed by atoms with Crippen LogP contribution in [0.4, 0.5) is 4.39 Å². The predicted molar refractivity (Wildman–Crippen MR) is 68.3 cm³/mol. The van der Waals surface area contributed by atoms with Gasteiger partial charge in [-0.3, -0.25) is 0 Å². The Bertz CT molecular complexity index is 701. The summed E-state index contributed by atoms with van der Waals surface area (Å²) in [7, 11) is 0. The molecule has 0 amide bonds. The topological polar surface area (TPSA) is 33.4 Å². The maximum atomic E-state index is 13.8. The molecule has 0 radical (unpaired) electrons. The highest BCUT2D eigenvalue weighted by Crippen LogP contribution is 2.34. The van der Waals surface area contributed by atoms with Gasteiger partial charge >= 0.3 is 0 Å². The zero-order valence-corrected chi connectivity index (χ0v) is 9.91. The molecule has 3 rings (SSSR count). The van der Waals surface area contributed by atoms with E-state index in [1.165, 1.54) is 6.07 Å². The average molecular weight is 263 g/mol. The fourth-order valence-electron chi connectivity index (χ4n) is 1.84.